The Hall–Kier alpha value is -2.66. The molecule has 0 aliphatic rings. The van der Waals surface area contributed by atoms with Gasteiger partial charge in [-0.05, 0) is 12.1 Å². The van der Waals surface area contributed by atoms with Crippen LogP contribution < -0.4 is 10.7 Å². The van der Waals surface area contributed by atoms with Crippen LogP contribution in [0.2, 0.25) is 0 Å². The number of nitrogens with two attached hydrogens (primary N) is 1. The molecule has 0 saturated carbocycles. The minimum atomic E-state index is -1.21. The molecule has 0 aliphatic carbocycles. The molecule has 96 valence electrons. The average Bonchev–Trinajstić information content (AvgIpc) is 2.46. The van der Waals surface area contributed by atoms with Gasteiger partial charge in [0.2, 0.25) is 0 Å². The van der Waals surface area contributed by atoms with E-state index < -0.39 is 11.8 Å². The van der Waals surface area contributed by atoms with E-state index in [0.29, 0.717) is 5.56 Å². The van der Waals surface area contributed by atoms with Crippen molar-refractivity contribution in [1.82, 2.24) is 0 Å². The second-order valence-electron chi connectivity index (χ2n) is 3.80. The maximum absolute atomic E-state index is 12.4. The van der Waals surface area contributed by atoms with Crippen molar-refractivity contribution in [3.63, 3.8) is 0 Å². The smallest absolute Gasteiger partial charge is 0.336 e. The minimum absolute atomic E-state index is 0.0359. The van der Waals surface area contributed by atoms with Gasteiger partial charge in [0, 0.05) is 5.56 Å². The van der Waals surface area contributed by atoms with E-state index in [2.05, 4.69) is 4.84 Å². The molecule has 0 saturated heterocycles. The minimum Gasteiger partial charge on any atom is -0.478 e. The summed E-state index contributed by atoms with van der Waals surface area (Å²) < 4.78 is 0. The van der Waals surface area contributed by atoms with Crippen LogP contribution in [0.5, 0.6) is 5.75 Å². The van der Waals surface area contributed by atoms with E-state index in [1.165, 1.54) is 18.2 Å². The number of carbonyl (C=O) groups excluding carboxylic acids is 1. The van der Waals surface area contributed by atoms with Crippen LogP contribution in [-0.2, 0) is 0 Å². The number of carbonyl (C=O) groups is 2. The molecule has 3 N–H and O–H groups in total. The molecule has 2 aromatic carbocycles. The molecule has 0 fully saturated rings. The maximum atomic E-state index is 12.4. The summed E-state index contributed by atoms with van der Waals surface area (Å²) in [5.41, 5.74) is 0.176. The van der Waals surface area contributed by atoms with Gasteiger partial charge in [-0.3, -0.25) is 4.79 Å². The largest absolute Gasteiger partial charge is 0.478 e. The third kappa shape index (κ3) is 2.46. The van der Waals surface area contributed by atoms with Crippen molar-refractivity contribution in [2.45, 2.75) is 0 Å². The quantitative estimate of drug-likeness (QED) is 0.644. The van der Waals surface area contributed by atoms with Crippen LogP contribution in [0.1, 0.15) is 26.3 Å². The average molecular weight is 257 g/mol. The number of rotatable bonds is 4. The first-order valence-corrected chi connectivity index (χ1v) is 5.48. The molecule has 0 aromatic heterocycles. The first-order chi connectivity index (χ1) is 9.15. The molecule has 0 bridgehead atoms. The van der Waals surface area contributed by atoms with E-state index in [4.69, 9.17) is 11.0 Å². The predicted octanol–water partition coefficient (Wildman–Crippen LogP) is 1.87. The summed E-state index contributed by atoms with van der Waals surface area (Å²) in [7, 11) is 0. The Kier molecular flexibility index (Phi) is 3.58. The third-order valence-electron chi connectivity index (χ3n) is 2.65. The summed E-state index contributed by atoms with van der Waals surface area (Å²) in [6.07, 6.45) is 0. The normalized spacial score (nSPS) is 9.95. The van der Waals surface area contributed by atoms with Crippen LogP contribution in [0, 0.1) is 0 Å². The number of carboxylic acids is 1. The fourth-order valence-corrected chi connectivity index (χ4v) is 1.78. The Morgan fingerprint density at radius 3 is 2.26 bits per heavy atom. The molecule has 5 heteroatoms. The molecule has 0 amide bonds. The van der Waals surface area contributed by atoms with E-state index in [0.717, 1.165) is 0 Å². The SMILES string of the molecule is NOc1cccc(C(=O)O)c1C(=O)c1ccccc1. The molecular weight excluding hydrogens is 246 g/mol. The summed E-state index contributed by atoms with van der Waals surface area (Å²) in [5, 5.41) is 9.13. The van der Waals surface area contributed by atoms with Gasteiger partial charge in [0.05, 0.1) is 11.1 Å². The molecule has 19 heavy (non-hydrogen) atoms. The summed E-state index contributed by atoms with van der Waals surface area (Å²) in [6.45, 7) is 0. The van der Waals surface area contributed by atoms with Gasteiger partial charge in [0.25, 0.3) is 0 Å². The van der Waals surface area contributed by atoms with Gasteiger partial charge in [-0.2, -0.15) is 5.90 Å². The summed E-state index contributed by atoms with van der Waals surface area (Å²) >= 11 is 0. The predicted molar refractivity (Wildman–Crippen MR) is 68.1 cm³/mol. The van der Waals surface area contributed by atoms with Crippen molar-refractivity contribution in [2.75, 3.05) is 0 Å². The Labute approximate surface area is 109 Å². The highest BCUT2D eigenvalue weighted by molar-refractivity contribution is 6.15. The summed E-state index contributed by atoms with van der Waals surface area (Å²) in [6, 6.07) is 12.6. The topological polar surface area (TPSA) is 89.6 Å². The fourth-order valence-electron chi connectivity index (χ4n) is 1.78. The van der Waals surface area contributed by atoms with Crippen LogP contribution in [0.15, 0.2) is 48.5 Å². The number of benzene rings is 2. The first kappa shape index (κ1) is 12.8. The second kappa shape index (κ2) is 5.32. The summed E-state index contributed by atoms with van der Waals surface area (Å²) in [5.74, 6) is 3.47. The standard InChI is InChI=1S/C14H11NO4/c15-19-11-8-4-7-10(14(17)18)12(11)13(16)9-5-2-1-3-6-9/h1-8H,15H2,(H,17,18). The zero-order valence-corrected chi connectivity index (χ0v) is 9.87. The molecule has 2 rings (SSSR count). The second-order valence-corrected chi connectivity index (χ2v) is 3.80. The summed E-state index contributed by atoms with van der Waals surface area (Å²) in [4.78, 5) is 28.1. The van der Waals surface area contributed by atoms with E-state index in [9.17, 15) is 9.59 Å². The van der Waals surface area contributed by atoms with E-state index in [-0.39, 0.29) is 16.9 Å². The van der Waals surface area contributed by atoms with E-state index >= 15 is 0 Å². The van der Waals surface area contributed by atoms with Gasteiger partial charge in [-0.25, -0.2) is 4.79 Å². The van der Waals surface area contributed by atoms with Crippen LogP contribution in [-0.4, -0.2) is 16.9 Å². The lowest BCUT2D eigenvalue weighted by atomic mass is 9.97. The van der Waals surface area contributed by atoms with Gasteiger partial charge in [0.15, 0.2) is 11.5 Å². The molecule has 5 nitrogen and oxygen atoms in total. The Bertz CT molecular complexity index is 623. The lowest BCUT2D eigenvalue weighted by Gasteiger charge is -2.09. The molecular formula is C14H11NO4. The zero-order valence-electron chi connectivity index (χ0n) is 9.87. The van der Waals surface area contributed by atoms with Crippen molar-refractivity contribution in [3.05, 3.63) is 65.2 Å². The lowest BCUT2D eigenvalue weighted by molar-refractivity contribution is 0.0692. The Balaban J connectivity index is 2.61. The van der Waals surface area contributed by atoms with Crippen molar-refractivity contribution in [1.29, 1.82) is 0 Å². The van der Waals surface area contributed by atoms with Gasteiger partial charge >= 0.3 is 5.97 Å². The fraction of sp³-hybridized carbons (Fsp3) is 0. The molecule has 0 spiro atoms. The Morgan fingerprint density at radius 1 is 1.00 bits per heavy atom. The van der Waals surface area contributed by atoms with E-state index in [1.54, 1.807) is 30.3 Å². The molecule has 0 aliphatic heterocycles. The third-order valence-corrected chi connectivity index (χ3v) is 2.65. The van der Waals surface area contributed by atoms with Crippen LogP contribution in [0.25, 0.3) is 0 Å². The molecule has 0 heterocycles. The number of carboxylic acid groups (broad SMARTS) is 1. The van der Waals surface area contributed by atoms with Crippen LogP contribution >= 0.6 is 0 Å². The maximum Gasteiger partial charge on any atom is 0.336 e. The number of ketones is 1. The molecule has 2 aromatic rings. The highest BCUT2D eigenvalue weighted by Crippen LogP contribution is 2.25. The zero-order chi connectivity index (χ0) is 13.8. The number of aromatic carboxylic acids is 1. The highest BCUT2D eigenvalue weighted by Gasteiger charge is 2.22. The highest BCUT2D eigenvalue weighted by atomic mass is 16.6. The van der Waals surface area contributed by atoms with Gasteiger partial charge in [-0.15, -0.1) is 0 Å². The van der Waals surface area contributed by atoms with Gasteiger partial charge < -0.3 is 9.94 Å². The molecule has 0 atom stereocenters. The van der Waals surface area contributed by atoms with Crippen molar-refractivity contribution < 1.29 is 19.5 Å². The van der Waals surface area contributed by atoms with Crippen LogP contribution in [0.4, 0.5) is 0 Å². The lowest BCUT2D eigenvalue weighted by Crippen LogP contribution is -2.14. The van der Waals surface area contributed by atoms with Crippen molar-refractivity contribution in [2.24, 2.45) is 5.90 Å². The monoisotopic (exact) mass is 257 g/mol. The first-order valence-electron chi connectivity index (χ1n) is 5.48. The van der Waals surface area contributed by atoms with Gasteiger partial charge in [0.1, 0.15) is 0 Å². The van der Waals surface area contributed by atoms with Crippen LogP contribution in [0.3, 0.4) is 0 Å². The van der Waals surface area contributed by atoms with Gasteiger partial charge in [-0.1, -0.05) is 36.4 Å². The number of hydrogen-bond acceptors (Lipinski definition) is 4. The number of hydrogen-bond donors (Lipinski definition) is 2. The molecule has 0 unspecified atom stereocenters. The van der Waals surface area contributed by atoms with Crippen molar-refractivity contribution >= 4 is 11.8 Å². The Morgan fingerprint density at radius 2 is 1.68 bits per heavy atom. The van der Waals surface area contributed by atoms with Crippen molar-refractivity contribution in [3.8, 4) is 5.75 Å². The van der Waals surface area contributed by atoms with E-state index in [1.807, 2.05) is 0 Å². The molecule has 0 radical (unpaired) electrons.